The van der Waals surface area contributed by atoms with Gasteiger partial charge in [0.25, 0.3) is 0 Å². The van der Waals surface area contributed by atoms with Gasteiger partial charge in [0.15, 0.2) is 0 Å². The van der Waals surface area contributed by atoms with E-state index in [4.69, 9.17) is 4.74 Å². The molecule has 0 saturated heterocycles. The summed E-state index contributed by atoms with van der Waals surface area (Å²) in [7, 11) is 0. The minimum absolute atomic E-state index is 0.819. The molecular formula is C13H18N2O. The number of H-pyrrole nitrogens is 1. The average Bonchev–Trinajstić information content (AvgIpc) is 3.18. The number of aromatic nitrogens is 2. The monoisotopic (exact) mass is 218 g/mol. The maximum absolute atomic E-state index is 5.75. The summed E-state index contributed by atoms with van der Waals surface area (Å²) in [4.78, 5) is 0. The lowest BCUT2D eigenvalue weighted by Gasteiger charge is -2.03. The molecule has 86 valence electrons. The van der Waals surface area contributed by atoms with Crippen LogP contribution in [0.4, 0.5) is 0 Å². The van der Waals surface area contributed by atoms with Crippen molar-refractivity contribution in [1.29, 1.82) is 0 Å². The van der Waals surface area contributed by atoms with Crippen LogP contribution in [0, 0.1) is 23.7 Å². The Hall–Kier alpha value is -0.990. The molecule has 0 amide bonds. The Kier molecular flexibility index (Phi) is 1.49. The average molecular weight is 218 g/mol. The molecule has 2 spiro atoms. The Morgan fingerprint density at radius 1 is 1.38 bits per heavy atom. The van der Waals surface area contributed by atoms with Crippen LogP contribution in [-0.4, -0.2) is 16.8 Å². The predicted molar refractivity (Wildman–Crippen MR) is 60.3 cm³/mol. The zero-order valence-corrected chi connectivity index (χ0v) is 9.75. The molecule has 1 N–H and O–H groups in total. The molecule has 3 aliphatic carbocycles. The summed E-state index contributed by atoms with van der Waals surface area (Å²) < 4.78 is 5.75. The normalized spacial score (nSPS) is 27.3. The maximum atomic E-state index is 5.75. The molecule has 4 rings (SSSR count). The van der Waals surface area contributed by atoms with Crippen LogP contribution in [0.3, 0.4) is 0 Å². The van der Waals surface area contributed by atoms with Gasteiger partial charge < -0.3 is 4.74 Å². The molecule has 0 unspecified atom stereocenters. The first-order valence-corrected chi connectivity index (χ1v) is 6.41. The van der Waals surface area contributed by atoms with Crippen LogP contribution in [0.1, 0.15) is 37.7 Å². The van der Waals surface area contributed by atoms with Gasteiger partial charge in [0.2, 0.25) is 5.88 Å². The van der Waals surface area contributed by atoms with E-state index in [0.29, 0.717) is 0 Å². The number of rotatable bonds is 4. The zero-order valence-electron chi connectivity index (χ0n) is 9.75. The van der Waals surface area contributed by atoms with Gasteiger partial charge >= 0.3 is 0 Å². The predicted octanol–water partition coefficient (Wildman–Crippen LogP) is 2.68. The smallest absolute Gasteiger partial charge is 0.212 e. The second-order valence-corrected chi connectivity index (χ2v) is 5.88. The highest BCUT2D eigenvalue weighted by Gasteiger charge is 2.85. The van der Waals surface area contributed by atoms with Crippen LogP contribution in [-0.2, 0) is 0 Å². The third kappa shape index (κ3) is 0.969. The highest BCUT2D eigenvalue weighted by Crippen LogP contribution is 2.93. The number of aromatic amines is 1. The van der Waals surface area contributed by atoms with Crippen molar-refractivity contribution in [1.82, 2.24) is 10.2 Å². The van der Waals surface area contributed by atoms with Crippen LogP contribution in [0.15, 0.2) is 6.20 Å². The van der Waals surface area contributed by atoms with Crippen molar-refractivity contribution in [2.24, 2.45) is 16.7 Å². The highest BCUT2D eigenvalue weighted by atomic mass is 16.5. The van der Waals surface area contributed by atoms with Crippen molar-refractivity contribution < 1.29 is 4.74 Å². The van der Waals surface area contributed by atoms with Gasteiger partial charge in [-0.1, -0.05) is 0 Å². The molecule has 16 heavy (non-hydrogen) atoms. The second kappa shape index (κ2) is 2.63. The molecular weight excluding hydrogens is 200 g/mol. The molecule has 1 aromatic rings. The molecule has 3 nitrogen and oxygen atoms in total. The van der Waals surface area contributed by atoms with Crippen LogP contribution >= 0.6 is 0 Å². The van der Waals surface area contributed by atoms with Gasteiger partial charge in [-0.3, -0.25) is 0 Å². The molecule has 3 aliphatic rings. The molecule has 3 heteroatoms. The molecule has 1 aromatic heterocycles. The van der Waals surface area contributed by atoms with Gasteiger partial charge in [-0.05, 0) is 55.8 Å². The molecule has 1 heterocycles. The molecule has 0 aliphatic heterocycles. The van der Waals surface area contributed by atoms with E-state index in [0.717, 1.165) is 34.8 Å². The van der Waals surface area contributed by atoms with Gasteiger partial charge in [0.05, 0.1) is 12.8 Å². The van der Waals surface area contributed by atoms with Crippen LogP contribution in [0.25, 0.3) is 0 Å². The molecule has 0 bridgehead atoms. The van der Waals surface area contributed by atoms with E-state index in [2.05, 4.69) is 10.2 Å². The largest absolute Gasteiger partial charge is 0.478 e. The van der Waals surface area contributed by atoms with Gasteiger partial charge in [0, 0.05) is 5.56 Å². The van der Waals surface area contributed by atoms with E-state index in [1.165, 1.54) is 32.1 Å². The summed E-state index contributed by atoms with van der Waals surface area (Å²) >= 11 is 0. The Bertz CT molecular complexity index is 411. The van der Waals surface area contributed by atoms with Gasteiger partial charge in [0.1, 0.15) is 0 Å². The number of hydrogen-bond acceptors (Lipinski definition) is 2. The maximum Gasteiger partial charge on any atom is 0.212 e. The molecule has 0 radical (unpaired) electrons. The van der Waals surface area contributed by atoms with Gasteiger partial charge in [-0.15, -0.1) is 0 Å². The standard InChI is InChI=1S/C13H18N2O/c1-9-8-14-15-11(9)16-7-2-10-12(3-4-12)13(10)5-6-13/h8,10H,2-7H2,1H3,(H,14,15). The lowest BCUT2D eigenvalue weighted by atomic mass is 10.2. The Labute approximate surface area is 95.6 Å². The fourth-order valence-corrected chi connectivity index (χ4v) is 4.11. The van der Waals surface area contributed by atoms with Crippen LogP contribution in [0.5, 0.6) is 5.88 Å². The summed E-state index contributed by atoms with van der Waals surface area (Å²) in [6.45, 7) is 2.89. The number of hydrogen-bond donors (Lipinski definition) is 1. The van der Waals surface area contributed by atoms with Crippen LogP contribution in [0.2, 0.25) is 0 Å². The number of ether oxygens (including phenoxy) is 1. The topological polar surface area (TPSA) is 37.9 Å². The zero-order chi connectivity index (χ0) is 10.8. The van der Waals surface area contributed by atoms with Gasteiger partial charge in [-0.25, -0.2) is 5.10 Å². The highest BCUT2D eigenvalue weighted by molar-refractivity contribution is 5.34. The summed E-state index contributed by atoms with van der Waals surface area (Å²) in [6, 6.07) is 0. The third-order valence-electron chi connectivity index (χ3n) is 5.26. The van der Waals surface area contributed by atoms with E-state index in [1.807, 2.05) is 13.1 Å². The minimum atomic E-state index is 0.819. The first kappa shape index (κ1) is 9.08. The number of nitrogens with zero attached hydrogens (tertiary/aromatic N) is 1. The summed E-state index contributed by atoms with van der Waals surface area (Å²) in [5.74, 6) is 1.85. The Balaban J connectivity index is 1.33. The summed E-state index contributed by atoms with van der Waals surface area (Å²) in [6.07, 6.45) is 9.07. The SMILES string of the molecule is Cc1cn[nH]c1OCCC1C2(CC2)C12CC2. The van der Waals surface area contributed by atoms with Crippen molar-refractivity contribution in [2.75, 3.05) is 6.61 Å². The number of aryl methyl sites for hydroxylation is 1. The Morgan fingerprint density at radius 2 is 2.06 bits per heavy atom. The molecule has 0 atom stereocenters. The van der Waals surface area contributed by atoms with Crippen molar-refractivity contribution in [3.63, 3.8) is 0 Å². The lowest BCUT2D eigenvalue weighted by molar-refractivity contribution is 0.282. The van der Waals surface area contributed by atoms with E-state index < -0.39 is 0 Å². The first-order chi connectivity index (χ1) is 7.79. The van der Waals surface area contributed by atoms with E-state index in [-0.39, 0.29) is 0 Å². The quantitative estimate of drug-likeness (QED) is 0.843. The number of nitrogens with one attached hydrogen (secondary N) is 1. The second-order valence-electron chi connectivity index (χ2n) is 5.88. The lowest BCUT2D eigenvalue weighted by Crippen LogP contribution is -2.01. The minimum Gasteiger partial charge on any atom is -0.478 e. The fraction of sp³-hybridized carbons (Fsp3) is 0.769. The molecule has 3 saturated carbocycles. The van der Waals surface area contributed by atoms with E-state index >= 15 is 0 Å². The molecule has 0 aromatic carbocycles. The van der Waals surface area contributed by atoms with Crippen LogP contribution < -0.4 is 4.74 Å². The Morgan fingerprint density at radius 3 is 2.56 bits per heavy atom. The fourth-order valence-electron chi connectivity index (χ4n) is 4.11. The van der Waals surface area contributed by atoms with Crippen molar-refractivity contribution in [2.45, 2.75) is 39.0 Å². The molecule has 3 fully saturated rings. The third-order valence-corrected chi connectivity index (χ3v) is 5.26. The summed E-state index contributed by atoms with van der Waals surface area (Å²) in [5.41, 5.74) is 2.75. The number of fused-ring (bicyclic) bond motifs is 1. The van der Waals surface area contributed by atoms with E-state index in [9.17, 15) is 0 Å². The first-order valence-electron chi connectivity index (χ1n) is 6.41. The summed E-state index contributed by atoms with van der Waals surface area (Å²) in [5, 5.41) is 6.87. The van der Waals surface area contributed by atoms with Crippen molar-refractivity contribution in [3.05, 3.63) is 11.8 Å². The van der Waals surface area contributed by atoms with Crippen molar-refractivity contribution in [3.8, 4) is 5.88 Å². The van der Waals surface area contributed by atoms with Gasteiger partial charge in [-0.2, -0.15) is 5.10 Å². The van der Waals surface area contributed by atoms with Crippen molar-refractivity contribution >= 4 is 0 Å². The van der Waals surface area contributed by atoms with E-state index in [1.54, 1.807) is 0 Å².